The molecule has 0 spiro atoms. The molecule has 10 fully saturated rings. The molecule has 0 saturated carbocycles. The lowest BCUT2D eigenvalue weighted by Crippen LogP contribution is -2.71. The second-order valence-electron chi connectivity index (χ2n) is 32.4. The van der Waals surface area contributed by atoms with Crippen LogP contribution in [0.2, 0.25) is 0 Å². The third kappa shape index (κ3) is 23.1. The highest BCUT2D eigenvalue weighted by atomic mass is 16.8. The highest BCUT2D eigenvalue weighted by molar-refractivity contribution is 5.77. The van der Waals surface area contributed by atoms with E-state index in [0.717, 1.165) is 27.7 Å². The van der Waals surface area contributed by atoms with E-state index < -0.39 is 408 Å². The lowest BCUT2D eigenvalue weighted by molar-refractivity contribution is -0.400. The van der Waals surface area contributed by atoms with Gasteiger partial charge in [-0.3, -0.25) is 19.2 Å². The van der Waals surface area contributed by atoms with E-state index in [1.165, 1.54) is 6.92 Å². The van der Waals surface area contributed by atoms with Crippen LogP contribution in [0.1, 0.15) is 41.0 Å². The summed E-state index contributed by atoms with van der Waals surface area (Å²) in [6.45, 7) is -5.48. The van der Waals surface area contributed by atoms with Gasteiger partial charge < -0.3 is 259 Å². The molecule has 10 heterocycles. The molecule has 33 N–H and O–H groups in total. The Bertz CT molecular complexity index is 3530. The summed E-state index contributed by atoms with van der Waals surface area (Å²) in [5.41, 5.74) is 0. The molecule has 10 rings (SSSR count). The number of nitrogens with one attached hydrogen (secondary N) is 4. The molecular formula is C71H118N4O53. The van der Waals surface area contributed by atoms with Crippen LogP contribution in [0, 0.1) is 0 Å². The van der Waals surface area contributed by atoms with Gasteiger partial charge in [-0.15, -0.1) is 0 Å². The van der Waals surface area contributed by atoms with Gasteiger partial charge >= 0.3 is 5.97 Å². The molecule has 0 aromatic rings. The van der Waals surface area contributed by atoms with Crippen molar-refractivity contribution in [3.63, 3.8) is 0 Å². The average Bonchev–Trinajstić information content (AvgIpc) is 0.752. The first-order valence-electron chi connectivity index (χ1n) is 40.6. The molecular weight excluding hydrogens is 1760 g/mol. The molecule has 10 aliphatic heterocycles. The number of carbonyl (C=O) groups excluding carboxylic acids is 4. The Morgan fingerprint density at radius 3 is 1.17 bits per heavy atom. The topological polar surface area (TPSA) is 896 Å². The maximum atomic E-state index is 13.3. The molecule has 740 valence electrons. The van der Waals surface area contributed by atoms with Crippen LogP contribution in [0.15, 0.2) is 0 Å². The number of hydrogen-bond acceptors (Lipinski definition) is 52. The van der Waals surface area contributed by atoms with Crippen LogP contribution in [-0.4, -0.2) is 550 Å². The minimum atomic E-state index is -3.32. The number of aliphatic carboxylic acids is 1. The fourth-order valence-electron chi connectivity index (χ4n) is 16.5. The van der Waals surface area contributed by atoms with Gasteiger partial charge in [0.15, 0.2) is 56.6 Å². The van der Waals surface area contributed by atoms with Gasteiger partial charge in [-0.05, 0) is 6.92 Å². The number of hydrogen-bond donors (Lipinski definition) is 33. The average molecular weight is 1880 g/mol. The number of carboxylic acid groups (broad SMARTS) is 1. The quantitative estimate of drug-likeness (QED) is 0.0284. The van der Waals surface area contributed by atoms with Gasteiger partial charge in [-0.25, -0.2) is 4.79 Å². The van der Waals surface area contributed by atoms with E-state index in [1.54, 1.807) is 0 Å². The van der Waals surface area contributed by atoms with Crippen molar-refractivity contribution in [1.29, 1.82) is 0 Å². The lowest BCUT2D eigenvalue weighted by atomic mass is 9.88. The maximum Gasteiger partial charge on any atom is 0.364 e. The number of rotatable bonds is 34. The molecule has 0 aromatic heterocycles. The largest absolute Gasteiger partial charge is 0.477 e. The van der Waals surface area contributed by atoms with E-state index in [1.807, 2.05) is 0 Å². The van der Waals surface area contributed by atoms with Crippen LogP contribution >= 0.6 is 0 Å². The summed E-state index contributed by atoms with van der Waals surface area (Å²) < 4.78 is 112. The van der Waals surface area contributed by atoms with Crippen molar-refractivity contribution in [2.24, 2.45) is 0 Å². The molecule has 128 heavy (non-hydrogen) atoms. The van der Waals surface area contributed by atoms with Crippen molar-refractivity contribution in [3.8, 4) is 0 Å². The number of amides is 4. The first-order chi connectivity index (χ1) is 60.3. The smallest absolute Gasteiger partial charge is 0.364 e. The van der Waals surface area contributed by atoms with Gasteiger partial charge in [-0.1, -0.05) is 0 Å². The summed E-state index contributed by atoms with van der Waals surface area (Å²) in [6, 6.07) is -7.70. The summed E-state index contributed by atoms with van der Waals surface area (Å²) in [7, 11) is 0. The highest BCUT2D eigenvalue weighted by Gasteiger charge is 2.64. The predicted octanol–water partition coefficient (Wildman–Crippen LogP) is -22.0. The van der Waals surface area contributed by atoms with Crippen LogP contribution in [0.4, 0.5) is 0 Å². The van der Waals surface area contributed by atoms with Gasteiger partial charge in [0.05, 0.1) is 77.7 Å². The molecule has 57 nitrogen and oxygen atoms in total. The van der Waals surface area contributed by atoms with Crippen LogP contribution in [-0.2, 0) is 114 Å². The van der Waals surface area contributed by atoms with Gasteiger partial charge in [-0.2, -0.15) is 0 Å². The van der Waals surface area contributed by atoms with Crippen molar-refractivity contribution in [3.05, 3.63) is 0 Å². The minimum Gasteiger partial charge on any atom is -0.477 e. The van der Waals surface area contributed by atoms with Crippen molar-refractivity contribution in [1.82, 2.24) is 21.3 Å². The summed E-state index contributed by atoms with van der Waals surface area (Å²) in [4.78, 5) is 64.5. The zero-order chi connectivity index (χ0) is 94.6. The molecule has 51 atom stereocenters. The van der Waals surface area contributed by atoms with E-state index >= 15 is 0 Å². The number of carboxylic acids is 1. The SMILES string of the molecule is CC(=O)N[C@@H]1[C@@H](O)[C@H](O[C@@H]2O[C@H](CO)[C@@H](O[C@H]3O[C@H](CO[C@@H]4O[C@H](CO)[C@@H](O)[C@H](O[C@@H]5O[C@H](CO)[C@@H](O)[C@H](O)[C@@H]5O)[C@@H]4O)[C@@H](O)[C@H](O[C@@H]4O[C@H](CO)[C@@H](O)[C@H](O)[C@@H]4O[C@@H]4O[C@H](CO)[C@@H](O[C@@H]5O[C@H](CO)[C@H](O)[C@H](O[C@@]6(C(=O)O)C[C@H](O)[C@@H](NC(C)=O)[C@H]([C@H](O)[C@H](O)CO)O6)[C@H]5O)[C@H](O)[C@H]4NC(C)=O)[C@@H]3O)[C@H](O)[C@H]2NC(C)=O)[C@@H](CO[C@@H]2O[C@H](C)[C@H](O)[C@H](O)[C@H]2O)O[C@H]1O. The van der Waals surface area contributed by atoms with Crippen molar-refractivity contribution in [2.45, 2.75) is 353 Å². The molecule has 0 radical (unpaired) electrons. The van der Waals surface area contributed by atoms with E-state index in [0.29, 0.717) is 0 Å². The summed E-state index contributed by atoms with van der Waals surface area (Å²) >= 11 is 0. The Balaban J connectivity index is 0.956. The zero-order valence-corrected chi connectivity index (χ0v) is 68.7. The first-order valence-corrected chi connectivity index (χ1v) is 40.6. The highest BCUT2D eigenvalue weighted by Crippen LogP contribution is 2.43. The fraction of sp³-hybridized carbons (Fsp3) is 0.930. The number of aliphatic hydroxyl groups is 28. The van der Waals surface area contributed by atoms with Crippen LogP contribution in [0.5, 0.6) is 0 Å². The summed E-state index contributed by atoms with van der Waals surface area (Å²) in [5.74, 6) is -9.30. The van der Waals surface area contributed by atoms with Crippen LogP contribution in [0.25, 0.3) is 0 Å². The van der Waals surface area contributed by atoms with E-state index in [2.05, 4.69) is 21.3 Å². The predicted molar refractivity (Wildman–Crippen MR) is 392 cm³/mol. The molecule has 57 heteroatoms. The molecule has 4 amide bonds. The van der Waals surface area contributed by atoms with E-state index in [4.69, 9.17) is 90.0 Å². The molecule has 0 aliphatic carbocycles. The summed E-state index contributed by atoms with van der Waals surface area (Å²) in [5, 5.41) is 333. The van der Waals surface area contributed by atoms with E-state index in [-0.39, 0.29) is 0 Å². The van der Waals surface area contributed by atoms with Crippen molar-refractivity contribution < 1.29 is 262 Å². The van der Waals surface area contributed by atoms with Gasteiger partial charge in [0, 0.05) is 34.1 Å². The fourth-order valence-corrected chi connectivity index (χ4v) is 16.5. The van der Waals surface area contributed by atoms with Gasteiger partial charge in [0.2, 0.25) is 23.6 Å². The molecule has 0 unspecified atom stereocenters. The van der Waals surface area contributed by atoms with Crippen molar-refractivity contribution >= 4 is 29.6 Å². The Morgan fingerprint density at radius 2 is 0.680 bits per heavy atom. The number of carbonyl (C=O) groups is 5. The third-order valence-corrected chi connectivity index (χ3v) is 23.4. The zero-order valence-electron chi connectivity index (χ0n) is 68.7. The first kappa shape index (κ1) is 106. The second-order valence-corrected chi connectivity index (χ2v) is 32.4. The molecule has 0 aromatic carbocycles. The number of aliphatic hydroxyl groups excluding tert-OH is 28. The molecule has 10 aliphatic rings. The standard InChI is InChI=1S/C71H118N4O53/c1-16-35(89)45(99)48(102)64(112-16)111-15-30-55(42(96)32(61(107)113-30)73-18(3)84)121-62-33(74-19(4)85)43(97)53(27(12-81)118-62)122-67-51(105)58(41(95)29(120-67)14-110-65-50(104)57(39(93)25(10-79)114-65)124-66-49(103)46(100)37(91)23(8-77)115-66)125-69-60(47(101)38(92)24(9-78)117-69)126-63-34(75-20(5)86)44(98)54(28(13-82)119-63)123-68-52(106)59(40(94)26(11-80)116-68)128-71(70(108)109)6-21(87)31(72-17(2)83)56(127-71)36(90)22(88)7-76/h16,21-69,76-82,87-107H,6-15H2,1-5H3,(H,72,83)(H,73,84)(H,74,85)(H,75,86)(H,108,109)/t16-,21+,22-,23-,24-,25-,26-,27-,28-,29-,30-,31-,32-,33-,34-,35+,36-,37-,38-,39-,40+,41-,42-,43-,44-,45+,46+,47+,48-,49+,50+,51+,52-,53-,54-,55-,56-,57+,58+,59+,60+,61-,62+,63+,64-,65-,66+,67-,68+,69+,71-/m1/s1. The molecule has 0 bridgehead atoms. The van der Waals surface area contributed by atoms with E-state index in [9.17, 15) is 172 Å². The Labute approximate surface area is 723 Å². The summed E-state index contributed by atoms with van der Waals surface area (Å²) in [6.07, 6.45) is -100. The Morgan fingerprint density at radius 1 is 0.336 bits per heavy atom. The Hall–Kier alpha value is -4.53. The third-order valence-electron chi connectivity index (χ3n) is 23.4. The second kappa shape index (κ2) is 45.4. The molecule has 10 saturated heterocycles. The van der Waals surface area contributed by atoms with Crippen LogP contribution < -0.4 is 21.3 Å². The van der Waals surface area contributed by atoms with Gasteiger partial charge in [0.1, 0.15) is 232 Å². The normalized spacial score (nSPS) is 48.4. The monoisotopic (exact) mass is 1870 g/mol. The maximum absolute atomic E-state index is 13.3. The minimum absolute atomic E-state index is 0.853. The van der Waals surface area contributed by atoms with Gasteiger partial charge in [0.25, 0.3) is 5.79 Å². The van der Waals surface area contributed by atoms with Crippen molar-refractivity contribution in [2.75, 3.05) is 59.5 Å². The number of ether oxygens (including phenoxy) is 19. The lowest BCUT2D eigenvalue weighted by Gasteiger charge is -2.51. The van der Waals surface area contributed by atoms with Crippen LogP contribution in [0.3, 0.4) is 0 Å². The Kier molecular flexibility index (Phi) is 37.4.